The van der Waals surface area contributed by atoms with E-state index in [0.717, 1.165) is 26.2 Å². The van der Waals surface area contributed by atoms with E-state index in [9.17, 15) is 0 Å². The molecule has 0 aromatic heterocycles. The number of nitrogens with zero attached hydrogens (tertiary/aromatic N) is 1. The number of benzene rings is 1. The smallest absolute Gasteiger partial charge is 0.0707 e. The van der Waals surface area contributed by atoms with Crippen molar-refractivity contribution in [2.75, 3.05) is 26.7 Å². The van der Waals surface area contributed by atoms with Gasteiger partial charge in [0, 0.05) is 19.6 Å². The molecule has 1 N–H and O–H groups in total. The van der Waals surface area contributed by atoms with Crippen LogP contribution in [0.25, 0.3) is 0 Å². The Bertz CT molecular complexity index is 393. The predicted octanol–water partition coefficient (Wildman–Crippen LogP) is 2.91. The summed E-state index contributed by atoms with van der Waals surface area (Å²) in [6.45, 7) is 8.58. The molecular weight excluding hydrogens is 260 g/mol. The first kappa shape index (κ1) is 16.5. The lowest BCUT2D eigenvalue weighted by molar-refractivity contribution is 0.0265. The lowest BCUT2D eigenvalue weighted by Crippen LogP contribution is -2.32. The monoisotopic (exact) mass is 290 g/mol. The van der Waals surface area contributed by atoms with Crippen LogP contribution in [0.2, 0.25) is 0 Å². The Morgan fingerprint density at radius 3 is 2.62 bits per heavy atom. The highest BCUT2D eigenvalue weighted by Gasteiger charge is 2.25. The largest absolute Gasteiger partial charge is 0.372 e. The molecule has 1 aliphatic rings. The fraction of sp³-hybridized carbons (Fsp3) is 0.667. The number of ether oxygens (including phenoxy) is 1. The zero-order valence-electron chi connectivity index (χ0n) is 13.7. The summed E-state index contributed by atoms with van der Waals surface area (Å²) < 4.78 is 6.15. The lowest BCUT2D eigenvalue weighted by atomic mass is 10.1. The van der Waals surface area contributed by atoms with E-state index in [1.807, 2.05) is 0 Å². The van der Waals surface area contributed by atoms with Crippen LogP contribution in [0.3, 0.4) is 0 Å². The maximum Gasteiger partial charge on any atom is 0.0707 e. The molecule has 2 unspecified atom stereocenters. The van der Waals surface area contributed by atoms with Crippen LogP contribution >= 0.6 is 0 Å². The maximum atomic E-state index is 6.15. The second kappa shape index (κ2) is 8.52. The maximum absolute atomic E-state index is 6.15. The minimum Gasteiger partial charge on any atom is -0.372 e. The molecule has 1 heterocycles. The van der Waals surface area contributed by atoms with E-state index in [-0.39, 0.29) is 0 Å². The van der Waals surface area contributed by atoms with Gasteiger partial charge in [0.15, 0.2) is 0 Å². The Kier molecular flexibility index (Phi) is 6.68. The van der Waals surface area contributed by atoms with Crippen LogP contribution in [-0.2, 0) is 11.3 Å². The standard InChI is InChI=1S/C18H30N2O/c1-15(2)11-19-12-17-9-10-18(21-17)14-20(3)13-16-7-5-4-6-8-16/h4-8,15,17-19H,9-14H2,1-3H3. The van der Waals surface area contributed by atoms with Gasteiger partial charge in [-0.25, -0.2) is 0 Å². The molecule has 0 bridgehead atoms. The molecule has 0 aliphatic carbocycles. The second-order valence-electron chi connectivity index (χ2n) is 6.69. The van der Waals surface area contributed by atoms with Crippen molar-refractivity contribution in [2.24, 2.45) is 5.92 Å². The van der Waals surface area contributed by atoms with Crippen molar-refractivity contribution in [3.8, 4) is 0 Å². The molecule has 1 aromatic rings. The van der Waals surface area contributed by atoms with Crippen LogP contribution in [0.15, 0.2) is 30.3 Å². The number of rotatable bonds is 8. The summed E-state index contributed by atoms with van der Waals surface area (Å²) in [6, 6.07) is 10.6. The van der Waals surface area contributed by atoms with Gasteiger partial charge in [-0.2, -0.15) is 0 Å². The van der Waals surface area contributed by atoms with Gasteiger partial charge in [-0.1, -0.05) is 44.2 Å². The van der Waals surface area contributed by atoms with Crippen LogP contribution in [0.1, 0.15) is 32.3 Å². The molecule has 2 rings (SSSR count). The summed E-state index contributed by atoms with van der Waals surface area (Å²) in [5.74, 6) is 0.708. The summed E-state index contributed by atoms with van der Waals surface area (Å²) in [5, 5.41) is 3.50. The Labute approximate surface area is 129 Å². The molecule has 1 fully saturated rings. The molecule has 0 spiro atoms. The average Bonchev–Trinajstić information content (AvgIpc) is 2.86. The highest BCUT2D eigenvalue weighted by atomic mass is 16.5. The van der Waals surface area contributed by atoms with Crippen molar-refractivity contribution < 1.29 is 4.74 Å². The van der Waals surface area contributed by atoms with Gasteiger partial charge in [0.2, 0.25) is 0 Å². The van der Waals surface area contributed by atoms with Gasteiger partial charge in [0.1, 0.15) is 0 Å². The molecule has 0 saturated carbocycles. The molecule has 1 aliphatic heterocycles. The molecule has 3 nitrogen and oxygen atoms in total. The molecule has 1 aromatic carbocycles. The van der Waals surface area contributed by atoms with Crippen molar-refractivity contribution in [1.82, 2.24) is 10.2 Å². The number of likely N-dealkylation sites (N-methyl/N-ethyl adjacent to an activating group) is 1. The Morgan fingerprint density at radius 1 is 1.19 bits per heavy atom. The topological polar surface area (TPSA) is 24.5 Å². The van der Waals surface area contributed by atoms with E-state index in [1.165, 1.54) is 18.4 Å². The van der Waals surface area contributed by atoms with E-state index in [2.05, 4.69) is 61.4 Å². The molecule has 118 valence electrons. The van der Waals surface area contributed by atoms with Crippen molar-refractivity contribution in [1.29, 1.82) is 0 Å². The van der Waals surface area contributed by atoms with E-state index < -0.39 is 0 Å². The van der Waals surface area contributed by atoms with Crippen LogP contribution < -0.4 is 5.32 Å². The summed E-state index contributed by atoms with van der Waals surface area (Å²) in [7, 11) is 2.18. The Morgan fingerprint density at radius 2 is 1.90 bits per heavy atom. The highest BCUT2D eigenvalue weighted by Crippen LogP contribution is 2.20. The van der Waals surface area contributed by atoms with Crippen LogP contribution in [0, 0.1) is 5.92 Å². The number of hydrogen-bond donors (Lipinski definition) is 1. The fourth-order valence-corrected chi connectivity index (χ4v) is 2.90. The van der Waals surface area contributed by atoms with Gasteiger partial charge in [0.05, 0.1) is 12.2 Å². The van der Waals surface area contributed by atoms with Crippen LogP contribution in [0.4, 0.5) is 0 Å². The van der Waals surface area contributed by atoms with E-state index in [4.69, 9.17) is 4.74 Å². The van der Waals surface area contributed by atoms with Gasteiger partial charge < -0.3 is 10.1 Å². The summed E-state index contributed by atoms with van der Waals surface area (Å²) in [6.07, 6.45) is 3.17. The molecule has 0 radical (unpaired) electrons. The number of nitrogens with one attached hydrogen (secondary N) is 1. The van der Waals surface area contributed by atoms with E-state index in [1.54, 1.807) is 0 Å². The minimum atomic E-state index is 0.393. The van der Waals surface area contributed by atoms with Crippen molar-refractivity contribution in [3.05, 3.63) is 35.9 Å². The second-order valence-corrected chi connectivity index (χ2v) is 6.69. The Hall–Kier alpha value is -0.900. The zero-order valence-corrected chi connectivity index (χ0v) is 13.7. The van der Waals surface area contributed by atoms with E-state index in [0.29, 0.717) is 18.1 Å². The summed E-state index contributed by atoms with van der Waals surface area (Å²) >= 11 is 0. The fourth-order valence-electron chi connectivity index (χ4n) is 2.90. The summed E-state index contributed by atoms with van der Waals surface area (Å²) in [4.78, 5) is 2.37. The SMILES string of the molecule is CC(C)CNCC1CCC(CN(C)Cc2ccccc2)O1. The first-order chi connectivity index (χ1) is 10.1. The predicted molar refractivity (Wildman–Crippen MR) is 88.4 cm³/mol. The highest BCUT2D eigenvalue weighted by molar-refractivity contribution is 5.14. The zero-order chi connectivity index (χ0) is 15.1. The third-order valence-electron chi connectivity index (χ3n) is 3.93. The first-order valence-corrected chi connectivity index (χ1v) is 8.22. The first-order valence-electron chi connectivity index (χ1n) is 8.22. The third-order valence-corrected chi connectivity index (χ3v) is 3.93. The molecule has 3 heteroatoms. The van der Waals surface area contributed by atoms with Gasteiger partial charge in [-0.15, -0.1) is 0 Å². The van der Waals surface area contributed by atoms with Crippen LogP contribution in [0.5, 0.6) is 0 Å². The third kappa shape index (κ3) is 6.16. The molecule has 21 heavy (non-hydrogen) atoms. The van der Waals surface area contributed by atoms with Gasteiger partial charge in [0.25, 0.3) is 0 Å². The lowest BCUT2D eigenvalue weighted by Gasteiger charge is -2.21. The Balaban J connectivity index is 1.65. The van der Waals surface area contributed by atoms with E-state index >= 15 is 0 Å². The average molecular weight is 290 g/mol. The van der Waals surface area contributed by atoms with Gasteiger partial charge >= 0.3 is 0 Å². The quantitative estimate of drug-likeness (QED) is 0.797. The molecule has 0 amide bonds. The van der Waals surface area contributed by atoms with Crippen molar-refractivity contribution >= 4 is 0 Å². The van der Waals surface area contributed by atoms with Crippen molar-refractivity contribution in [3.63, 3.8) is 0 Å². The van der Waals surface area contributed by atoms with Gasteiger partial charge in [-0.05, 0) is 37.9 Å². The van der Waals surface area contributed by atoms with Crippen molar-refractivity contribution in [2.45, 2.75) is 45.4 Å². The van der Waals surface area contributed by atoms with Crippen LogP contribution in [-0.4, -0.2) is 43.8 Å². The van der Waals surface area contributed by atoms with Gasteiger partial charge in [-0.3, -0.25) is 4.90 Å². The number of hydrogen-bond acceptors (Lipinski definition) is 3. The normalized spacial score (nSPS) is 22.3. The molecule has 2 atom stereocenters. The summed E-state index contributed by atoms with van der Waals surface area (Å²) in [5.41, 5.74) is 1.37. The minimum absolute atomic E-state index is 0.393. The molecule has 1 saturated heterocycles. The molecular formula is C18H30N2O.